The summed E-state index contributed by atoms with van der Waals surface area (Å²) in [7, 11) is 1.63. The van der Waals surface area contributed by atoms with Gasteiger partial charge in [-0.05, 0) is 35.2 Å². The molecule has 3 nitrogen and oxygen atoms in total. The highest BCUT2D eigenvalue weighted by molar-refractivity contribution is 7.14. The number of hydrogen-bond acceptors (Lipinski definition) is 3. The number of ether oxygens (including phenoxy) is 1. The monoisotopic (exact) mass is 313 g/mol. The molecule has 0 radical (unpaired) electrons. The Hall–Kier alpha value is -2.07. The second-order valence-corrected chi connectivity index (χ2v) is 7.31. The van der Waals surface area contributed by atoms with E-state index in [1.54, 1.807) is 11.1 Å². The van der Waals surface area contributed by atoms with E-state index in [1.807, 2.05) is 30.3 Å². The Balaban J connectivity index is 2.29. The minimum atomic E-state index is 0.00459. The fraction of sp³-hybridized carbons (Fsp3) is 0.278. The molecule has 0 fully saturated rings. The second-order valence-electron chi connectivity index (χ2n) is 6.32. The summed E-state index contributed by atoms with van der Waals surface area (Å²) < 4.78 is 8.17. The summed E-state index contributed by atoms with van der Waals surface area (Å²) in [4.78, 5) is 12.7. The Morgan fingerprint density at radius 2 is 1.82 bits per heavy atom. The van der Waals surface area contributed by atoms with Crippen molar-refractivity contribution in [3.05, 3.63) is 58.4 Å². The van der Waals surface area contributed by atoms with Crippen molar-refractivity contribution in [2.75, 3.05) is 7.11 Å². The molecule has 0 unspecified atom stereocenters. The number of fused-ring (bicyclic) bond motifs is 1. The van der Waals surface area contributed by atoms with Gasteiger partial charge in [-0.15, -0.1) is 0 Å². The molecular formula is C18H19NO2S. The van der Waals surface area contributed by atoms with Gasteiger partial charge in [0.2, 0.25) is 0 Å². The summed E-state index contributed by atoms with van der Waals surface area (Å²) in [5, 5.41) is 0.746. The molecule has 0 aliphatic heterocycles. The van der Waals surface area contributed by atoms with Gasteiger partial charge in [0, 0.05) is 0 Å². The molecule has 114 valence electrons. The van der Waals surface area contributed by atoms with Crippen LogP contribution >= 0.6 is 11.5 Å². The fourth-order valence-corrected chi connectivity index (χ4v) is 3.46. The van der Waals surface area contributed by atoms with Crippen molar-refractivity contribution in [1.82, 2.24) is 3.96 Å². The minimum absolute atomic E-state index is 0.00459. The molecule has 0 saturated heterocycles. The zero-order valence-corrected chi connectivity index (χ0v) is 14.0. The maximum atomic E-state index is 12.7. The van der Waals surface area contributed by atoms with Gasteiger partial charge >= 0.3 is 0 Å². The standard InChI is InChI=1S/C18H19NO2S/c1-18(2,3)12-9-10-15(21-4)14(11-12)19-17(20)13-7-5-6-8-16(13)22-19/h5-11H,1-4H3. The quantitative estimate of drug-likeness (QED) is 0.704. The molecular weight excluding hydrogens is 294 g/mol. The highest BCUT2D eigenvalue weighted by Crippen LogP contribution is 2.31. The third kappa shape index (κ3) is 2.44. The van der Waals surface area contributed by atoms with E-state index in [-0.39, 0.29) is 11.0 Å². The molecule has 0 spiro atoms. The maximum absolute atomic E-state index is 12.7. The predicted octanol–water partition coefficient (Wildman–Crippen LogP) is 4.36. The Kier molecular flexibility index (Phi) is 3.57. The van der Waals surface area contributed by atoms with E-state index >= 15 is 0 Å². The molecule has 3 rings (SSSR count). The number of methoxy groups -OCH3 is 1. The smallest absolute Gasteiger partial charge is 0.273 e. The summed E-state index contributed by atoms with van der Waals surface area (Å²) in [6, 6.07) is 13.7. The van der Waals surface area contributed by atoms with Crippen LogP contribution in [-0.4, -0.2) is 11.1 Å². The van der Waals surface area contributed by atoms with Crippen LogP contribution in [0.2, 0.25) is 0 Å². The van der Waals surface area contributed by atoms with Crippen LogP contribution < -0.4 is 10.3 Å². The molecule has 2 aromatic carbocycles. The fourth-order valence-electron chi connectivity index (χ4n) is 2.45. The first kappa shape index (κ1) is 14.9. The van der Waals surface area contributed by atoms with Crippen molar-refractivity contribution in [2.24, 2.45) is 0 Å². The van der Waals surface area contributed by atoms with E-state index in [0.29, 0.717) is 5.75 Å². The third-order valence-electron chi connectivity index (χ3n) is 3.76. The Labute approximate surface area is 133 Å². The number of rotatable bonds is 2. The summed E-state index contributed by atoms with van der Waals surface area (Å²) in [6.07, 6.45) is 0. The van der Waals surface area contributed by atoms with Gasteiger partial charge in [-0.1, -0.05) is 50.5 Å². The maximum Gasteiger partial charge on any atom is 0.273 e. The van der Waals surface area contributed by atoms with E-state index in [0.717, 1.165) is 15.8 Å². The molecule has 1 heterocycles. The van der Waals surface area contributed by atoms with Crippen molar-refractivity contribution in [2.45, 2.75) is 26.2 Å². The van der Waals surface area contributed by atoms with Crippen LogP contribution in [0.4, 0.5) is 0 Å². The van der Waals surface area contributed by atoms with Crippen molar-refractivity contribution in [1.29, 1.82) is 0 Å². The number of aromatic nitrogens is 1. The molecule has 0 bridgehead atoms. The van der Waals surface area contributed by atoms with Crippen molar-refractivity contribution in [3.63, 3.8) is 0 Å². The van der Waals surface area contributed by atoms with Crippen LogP contribution in [0.3, 0.4) is 0 Å². The molecule has 0 amide bonds. The van der Waals surface area contributed by atoms with Crippen LogP contribution in [0.1, 0.15) is 26.3 Å². The first-order valence-corrected chi connectivity index (χ1v) is 7.99. The van der Waals surface area contributed by atoms with Gasteiger partial charge < -0.3 is 4.74 Å². The Morgan fingerprint density at radius 1 is 1.09 bits per heavy atom. The lowest BCUT2D eigenvalue weighted by Gasteiger charge is -2.21. The van der Waals surface area contributed by atoms with Crippen molar-refractivity contribution >= 4 is 21.6 Å². The van der Waals surface area contributed by atoms with E-state index in [1.165, 1.54) is 17.1 Å². The average Bonchev–Trinajstić information content (AvgIpc) is 2.83. The van der Waals surface area contributed by atoms with Crippen molar-refractivity contribution in [3.8, 4) is 11.4 Å². The van der Waals surface area contributed by atoms with Gasteiger partial charge in [0.25, 0.3) is 5.56 Å². The van der Waals surface area contributed by atoms with Gasteiger partial charge in [0.05, 0.1) is 17.2 Å². The van der Waals surface area contributed by atoms with Gasteiger partial charge in [-0.2, -0.15) is 0 Å². The SMILES string of the molecule is COc1ccc(C(C)(C)C)cc1-n1sc2ccccc2c1=O. The summed E-state index contributed by atoms with van der Waals surface area (Å²) in [5.74, 6) is 0.710. The molecule has 0 aliphatic carbocycles. The molecule has 3 aromatic rings. The first-order chi connectivity index (χ1) is 10.4. The van der Waals surface area contributed by atoms with Crippen LogP contribution in [0, 0.1) is 0 Å². The average molecular weight is 313 g/mol. The van der Waals surface area contributed by atoms with Crippen LogP contribution in [0.15, 0.2) is 47.3 Å². The lowest BCUT2D eigenvalue weighted by Crippen LogP contribution is -2.15. The largest absolute Gasteiger partial charge is 0.495 e. The Bertz CT molecular complexity index is 884. The molecule has 0 aliphatic rings. The lowest BCUT2D eigenvalue weighted by molar-refractivity contribution is 0.412. The molecule has 4 heteroatoms. The summed E-state index contributed by atoms with van der Waals surface area (Å²) in [5.41, 5.74) is 2.00. The summed E-state index contributed by atoms with van der Waals surface area (Å²) >= 11 is 1.45. The molecule has 0 saturated carbocycles. The van der Waals surface area contributed by atoms with Crippen LogP contribution in [0.25, 0.3) is 15.8 Å². The number of benzene rings is 2. The highest BCUT2D eigenvalue weighted by Gasteiger charge is 2.18. The first-order valence-electron chi connectivity index (χ1n) is 7.22. The van der Waals surface area contributed by atoms with E-state index in [4.69, 9.17) is 4.74 Å². The third-order valence-corrected chi connectivity index (χ3v) is 4.85. The van der Waals surface area contributed by atoms with Gasteiger partial charge in [-0.3, -0.25) is 4.79 Å². The van der Waals surface area contributed by atoms with Gasteiger partial charge in [0.15, 0.2) is 0 Å². The summed E-state index contributed by atoms with van der Waals surface area (Å²) in [6.45, 7) is 6.48. The Morgan fingerprint density at radius 3 is 2.45 bits per heavy atom. The highest BCUT2D eigenvalue weighted by atomic mass is 32.1. The predicted molar refractivity (Wildman–Crippen MR) is 92.7 cm³/mol. The normalized spacial score (nSPS) is 11.8. The molecule has 22 heavy (non-hydrogen) atoms. The number of hydrogen-bond donors (Lipinski definition) is 0. The zero-order chi connectivity index (χ0) is 15.9. The topological polar surface area (TPSA) is 31.2 Å². The van der Waals surface area contributed by atoms with Crippen molar-refractivity contribution < 1.29 is 4.74 Å². The van der Waals surface area contributed by atoms with Crippen LogP contribution in [0.5, 0.6) is 5.75 Å². The lowest BCUT2D eigenvalue weighted by atomic mass is 9.87. The van der Waals surface area contributed by atoms with E-state index in [9.17, 15) is 4.79 Å². The zero-order valence-electron chi connectivity index (χ0n) is 13.2. The van der Waals surface area contributed by atoms with Crippen LogP contribution in [-0.2, 0) is 5.41 Å². The number of nitrogens with zero attached hydrogens (tertiary/aromatic N) is 1. The van der Waals surface area contributed by atoms with E-state index < -0.39 is 0 Å². The minimum Gasteiger partial charge on any atom is -0.495 e. The molecule has 0 N–H and O–H groups in total. The second kappa shape index (κ2) is 5.29. The molecule has 1 aromatic heterocycles. The van der Waals surface area contributed by atoms with Gasteiger partial charge in [-0.25, -0.2) is 3.96 Å². The molecule has 0 atom stereocenters. The van der Waals surface area contributed by atoms with Gasteiger partial charge in [0.1, 0.15) is 11.4 Å². The van der Waals surface area contributed by atoms with E-state index in [2.05, 4.69) is 32.9 Å².